The number of rotatable bonds is 7. The number of pyridine rings is 1. The summed E-state index contributed by atoms with van der Waals surface area (Å²) < 4.78 is 0. The highest BCUT2D eigenvalue weighted by molar-refractivity contribution is 7.99. The Morgan fingerprint density at radius 3 is 2.10 bits per heavy atom. The van der Waals surface area contributed by atoms with Crippen molar-refractivity contribution in [3.8, 4) is 5.75 Å². The number of nitrogens with zero attached hydrogens (tertiary/aromatic N) is 1. The van der Waals surface area contributed by atoms with Crippen LogP contribution in [0.4, 0.5) is 5.69 Å². The molecular formula is C24H34N2O2S. The van der Waals surface area contributed by atoms with Gasteiger partial charge in [-0.05, 0) is 58.2 Å². The van der Waals surface area contributed by atoms with Crippen LogP contribution in [-0.2, 0) is 22.0 Å². The lowest BCUT2D eigenvalue weighted by atomic mass is 9.78. The van der Waals surface area contributed by atoms with Crippen molar-refractivity contribution >= 4 is 23.4 Å². The van der Waals surface area contributed by atoms with Crippen molar-refractivity contribution in [2.75, 3.05) is 16.8 Å². The van der Waals surface area contributed by atoms with E-state index in [1.54, 1.807) is 36.3 Å². The fourth-order valence-corrected chi connectivity index (χ4v) is 3.91. The Morgan fingerprint density at radius 2 is 1.59 bits per heavy atom. The van der Waals surface area contributed by atoms with E-state index in [-0.39, 0.29) is 16.7 Å². The van der Waals surface area contributed by atoms with E-state index in [1.807, 2.05) is 0 Å². The van der Waals surface area contributed by atoms with Crippen molar-refractivity contribution in [3.63, 3.8) is 0 Å². The van der Waals surface area contributed by atoms with E-state index < -0.39 is 0 Å². The first kappa shape index (κ1) is 23.3. The number of aryl methyl sites for hydroxylation is 1. The third-order valence-corrected chi connectivity index (χ3v) is 5.78. The minimum Gasteiger partial charge on any atom is -0.507 e. The second-order valence-corrected chi connectivity index (χ2v) is 10.6. The highest BCUT2D eigenvalue weighted by Gasteiger charge is 2.26. The van der Waals surface area contributed by atoms with Crippen molar-refractivity contribution in [2.45, 2.75) is 65.2 Å². The van der Waals surface area contributed by atoms with E-state index in [9.17, 15) is 9.90 Å². The van der Waals surface area contributed by atoms with Crippen molar-refractivity contribution in [1.29, 1.82) is 0 Å². The molecule has 1 aromatic carbocycles. The lowest BCUT2D eigenvalue weighted by Gasteiger charge is -2.28. The van der Waals surface area contributed by atoms with Crippen LogP contribution >= 0.6 is 11.8 Å². The van der Waals surface area contributed by atoms with Crippen LogP contribution in [-0.4, -0.2) is 27.5 Å². The van der Waals surface area contributed by atoms with Crippen LogP contribution in [0.2, 0.25) is 0 Å². The van der Waals surface area contributed by atoms with Gasteiger partial charge in [-0.1, -0.05) is 53.7 Å². The highest BCUT2D eigenvalue weighted by Crippen LogP contribution is 2.40. The van der Waals surface area contributed by atoms with Crippen LogP contribution in [0.3, 0.4) is 0 Å². The second-order valence-electron chi connectivity index (χ2n) is 9.48. The molecule has 2 aromatic rings. The van der Waals surface area contributed by atoms with Gasteiger partial charge in [0.05, 0.1) is 5.75 Å². The normalized spacial score (nSPS) is 12.1. The van der Waals surface area contributed by atoms with Gasteiger partial charge in [-0.25, -0.2) is 0 Å². The molecule has 2 rings (SSSR count). The SMILES string of the molecule is CC(C)(C)c1cc(CCCSCC(=O)Nc2ccncc2)cc(C(C)(C)C)c1O. The van der Waals surface area contributed by atoms with Gasteiger partial charge in [0, 0.05) is 18.1 Å². The molecule has 0 radical (unpaired) electrons. The lowest BCUT2D eigenvalue weighted by Crippen LogP contribution is -2.18. The van der Waals surface area contributed by atoms with Crippen molar-refractivity contribution in [2.24, 2.45) is 0 Å². The highest BCUT2D eigenvalue weighted by atomic mass is 32.2. The largest absolute Gasteiger partial charge is 0.507 e. The minimum absolute atomic E-state index is 0.0101. The molecule has 158 valence electrons. The second kappa shape index (κ2) is 9.66. The summed E-state index contributed by atoms with van der Waals surface area (Å²) in [5, 5.41) is 13.7. The quantitative estimate of drug-likeness (QED) is 0.572. The first-order chi connectivity index (χ1) is 13.5. The topological polar surface area (TPSA) is 62.2 Å². The average Bonchev–Trinajstić information content (AvgIpc) is 2.61. The van der Waals surface area contributed by atoms with E-state index in [2.05, 4.69) is 64.0 Å². The number of nitrogens with one attached hydrogen (secondary N) is 1. The van der Waals surface area contributed by atoms with E-state index in [0.29, 0.717) is 11.5 Å². The van der Waals surface area contributed by atoms with E-state index >= 15 is 0 Å². The molecule has 5 heteroatoms. The first-order valence-electron chi connectivity index (χ1n) is 10.1. The average molecular weight is 415 g/mol. The molecule has 0 aliphatic rings. The number of phenolic OH excluding ortho intramolecular Hbond substituents is 1. The fourth-order valence-electron chi connectivity index (χ4n) is 3.16. The van der Waals surface area contributed by atoms with Crippen LogP contribution in [0, 0.1) is 0 Å². The Labute approximate surface area is 179 Å². The van der Waals surface area contributed by atoms with Gasteiger partial charge in [0.15, 0.2) is 0 Å². The molecule has 0 spiro atoms. The summed E-state index contributed by atoms with van der Waals surface area (Å²) in [6, 6.07) is 7.86. The molecule has 1 heterocycles. The van der Waals surface area contributed by atoms with Crippen LogP contribution in [0.25, 0.3) is 0 Å². The Hall–Kier alpha value is -2.01. The molecule has 29 heavy (non-hydrogen) atoms. The molecule has 4 nitrogen and oxygen atoms in total. The molecule has 0 atom stereocenters. The predicted molar refractivity (Wildman–Crippen MR) is 124 cm³/mol. The number of hydrogen-bond acceptors (Lipinski definition) is 4. The van der Waals surface area contributed by atoms with E-state index in [0.717, 1.165) is 35.4 Å². The molecule has 0 unspecified atom stereocenters. The van der Waals surface area contributed by atoms with E-state index in [1.165, 1.54) is 5.56 Å². The maximum atomic E-state index is 12.0. The number of amides is 1. The zero-order valence-electron chi connectivity index (χ0n) is 18.5. The number of hydrogen-bond donors (Lipinski definition) is 2. The van der Waals surface area contributed by atoms with E-state index in [4.69, 9.17) is 0 Å². The molecule has 0 saturated heterocycles. The van der Waals surface area contributed by atoms with Gasteiger partial charge in [0.25, 0.3) is 0 Å². The van der Waals surface area contributed by atoms with Crippen LogP contribution < -0.4 is 5.32 Å². The molecule has 0 saturated carbocycles. The van der Waals surface area contributed by atoms with Crippen molar-refractivity contribution < 1.29 is 9.90 Å². The summed E-state index contributed by atoms with van der Waals surface area (Å²) in [5.41, 5.74) is 3.81. The summed E-state index contributed by atoms with van der Waals surface area (Å²) in [6.07, 6.45) is 5.26. The number of anilines is 1. The molecule has 0 aliphatic heterocycles. The maximum Gasteiger partial charge on any atom is 0.234 e. The molecule has 0 fully saturated rings. The Bertz CT molecular complexity index is 786. The summed E-state index contributed by atoms with van der Waals surface area (Å²) in [7, 11) is 0. The predicted octanol–water partition coefficient (Wildman–Crippen LogP) is 5.69. The summed E-state index contributed by atoms with van der Waals surface area (Å²) in [6.45, 7) is 12.8. The summed E-state index contributed by atoms with van der Waals surface area (Å²) in [5.74, 6) is 1.80. The Kier molecular flexibility index (Phi) is 7.75. The van der Waals surface area contributed by atoms with Crippen LogP contribution in [0.1, 0.15) is 64.7 Å². The molecular weight excluding hydrogens is 380 g/mol. The molecule has 2 N–H and O–H groups in total. The minimum atomic E-state index is -0.111. The zero-order chi connectivity index (χ0) is 21.7. The van der Waals surface area contributed by atoms with Crippen molar-refractivity contribution in [1.82, 2.24) is 4.98 Å². The number of carbonyl (C=O) groups excluding carboxylic acids is 1. The Morgan fingerprint density at radius 1 is 1.03 bits per heavy atom. The number of aromatic hydroxyl groups is 1. The maximum absolute atomic E-state index is 12.0. The van der Waals surface area contributed by atoms with Crippen LogP contribution in [0.5, 0.6) is 5.75 Å². The standard InChI is InChI=1S/C24H34N2O2S/c1-23(2,3)19-14-17(15-20(22(19)28)24(4,5)6)8-7-13-29-16-21(27)26-18-9-11-25-12-10-18/h9-12,14-15,28H,7-8,13,16H2,1-6H3,(H,25,26,27). The zero-order valence-corrected chi connectivity index (χ0v) is 19.3. The fraction of sp³-hybridized carbons (Fsp3) is 0.500. The van der Waals surface area contributed by atoms with Gasteiger partial charge in [-0.2, -0.15) is 11.8 Å². The van der Waals surface area contributed by atoms with Gasteiger partial charge >= 0.3 is 0 Å². The van der Waals surface area contributed by atoms with Gasteiger partial charge < -0.3 is 10.4 Å². The van der Waals surface area contributed by atoms with Gasteiger partial charge in [0.2, 0.25) is 5.91 Å². The van der Waals surface area contributed by atoms with Gasteiger partial charge in [-0.15, -0.1) is 0 Å². The summed E-state index contributed by atoms with van der Waals surface area (Å²) in [4.78, 5) is 16.0. The molecule has 1 aromatic heterocycles. The van der Waals surface area contributed by atoms with Crippen molar-refractivity contribution in [3.05, 3.63) is 53.3 Å². The lowest BCUT2D eigenvalue weighted by molar-refractivity contribution is -0.113. The Balaban J connectivity index is 1.92. The number of carbonyl (C=O) groups is 1. The van der Waals surface area contributed by atoms with Gasteiger partial charge in [-0.3, -0.25) is 9.78 Å². The molecule has 1 amide bonds. The molecule has 0 aliphatic carbocycles. The number of thioether (sulfide) groups is 1. The summed E-state index contributed by atoms with van der Waals surface area (Å²) >= 11 is 1.65. The number of aromatic nitrogens is 1. The first-order valence-corrected chi connectivity index (χ1v) is 11.3. The number of phenols is 1. The third-order valence-electron chi connectivity index (χ3n) is 4.74. The molecule has 0 bridgehead atoms. The van der Waals surface area contributed by atoms with Gasteiger partial charge in [0.1, 0.15) is 5.75 Å². The smallest absolute Gasteiger partial charge is 0.234 e. The van der Waals surface area contributed by atoms with Crippen LogP contribution in [0.15, 0.2) is 36.7 Å². The monoisotopic (exact) mass is 414 g/mol. The third kappa shape index (κ3) is 7.07. The number of benzene rings is 1.